The van der Waals surface area contributed by atoms with E-state index in [2.05, 4.69) is 4.72 Å². The van der Waals surface area contributed by atoms with Crippen molar-refractivity contribution in [3.8, 4) is 0 Å². The zero-order chi connectivity index (χ0) is 10.4. The summed E-state index contributed by atoms with van der Waals surface area (Å²) in [5, 5.41) is 4.78. The molecule has 0 bridgehead atoms. The van der Waals surface area contributed by atoms with Crippen molar-refractivity contribution in [3.63, 3.8) is 0 Å². The Kier molecular flexibility index (Phi) is 4.06. The molecule has 0 aliphatic heterocycles. The minimum absolute atomic E-state index is 0.383. The maximum atomic E-state index is 10.5. The third-order valence-electron chi connectivity index (χ3n) is 1.79. The van der Waals surface area contributed by atoms with E-state index < -0.39 is 10.2 Å². The summed E-state index contributed by atoms with van der Waals surface area (Å²) < 4.78 is 23.3. The van der Waals surface area contributed by atoms with Gasteiger partial charge < -0.3 is 0 Å². The van der Waals surface area contributed by atoms with Gasteiger partial charge in [-0.25, -0.2) is 9.86 Å². The van der Waals surface area contributed by atoms with Gasteiger partial charge >= 0.3 is 0 Å². The van der Waals surface area contributed by atoms with Crippen molar-refractivity contribution in [1.82, 2.24) is 4.72 Å². The number of benzene rings is 1. The van der Waals surface area contributed by atoms with Crippen LogP contribution in [0.5, 0.6) is 0 Å². The second-order valence-electron chi connectivity index (χ2n) is 3.03. The zero-order valence-corrected chi connectivity index (χ0v) is 8.63. The summed E-state index contributed by atoms with van der Waals surface area (Å²) in [6.45, 7) is 0.383. The molecule has 0 aliphatic carbocycles. The topological polar surface area (TPSA) is 72.2 Å². The molecule has 0 radical (unpaired) electrons. The van der Waals surface area contributed by atoms with Gasteiger partial charge in [0.2, 0.25) is 0 Å². The number of nitrogens with two attached hydrogens (primary N) is 1. The van der Waals surface area contributed by atoms with E-state index in [-0.39, 0.29) is 0 Å². The van der Waals surface area contributed by atoms with Gasteiger partial charge in [-0.2, -0.15) is 8.42 Å². The Morgan fingerprint density at radius 2 is 1.86 bits per heavy atom. The summed E-state index contributed by atoms with van der Waals surface area (Å²) in [5.74, 6) is 0. The lowest BCUT2D eigenvalue weighted by Crippen LogP contribution is -2.31. The molecular weight excluding hydrogens is 200 g/mol. The molecule has 0 atom stereocenters. The van der Waals surface area contributed by atoms with Crippen molar-refractivity contribution in [1.29, 1.82) is 0 Å². The zero-order valence-electron chi connectivity index (χ0n) is 7.81. The van der Waals surface area contributed by atoms with Crippen molar-refractivity contribution in [3.05, 3.63) is 35.9 Å². The summed E-state index contributed by atoms with van der Waals surface area (Å²) in [4.78, 5) is 0. The summed E-state index contributed by atoms with van der Waals surface area (Å²) >= 11 is 0. The molecule has 0 unspecified atom stereocenters. The van der Waals surface area contributed by atoms with E-state index in [9.17, 15) is 8.42 Å². The third kappa shape index (κ3) is 4.96. The average molecular weight is 214 g/mol. The number of hydrogen-bond donors (Lipinski definition) is 2. The van der Waals surface area contributed by atoms with Gasteiger partial charge in [-0.05, 0) is 18.4 Å². The molecule has 5 heteroatoms. The quantitative estimate of drug-likeness (QED) is 0.697. The molecule has 1 rings (SSSR count). The Morgan fingerprint density at radius 1 is 1.21 bits per heavy atom. The molecule has 0 spiro atoms. The van der Waals surface area contributed by atoms with E-state index in [1.54, 1.807) is 0 Å². The number of nitrogens with one attached hydrogen (secondary N) is 1. The Morgan fingerprint density at radius 3 is 2.43 bits per heavy atom. The van der Waals surface area contributed by atoms with E-state index in [1.165, 1.54) is 5.56 Å². The number of aryl methyl sites for hydroxylation is 1. The molecule has 1 aromatic rings. The maximum absolute atomic E-state index is 10.5. The molecule has 0 heterocycles. The first kappa shape index (κ1) is 11.2. The lowest BCUT2D eigenvalue weighted by molar-refractivity contribution is 0.581. The minimum Gasteiger partial charge on any atom is -0.216 e. The highest BCUT2D eigenvalue weighted by atomic mass is 32.2. The fourth-order valence-corrected chi connectivity index (χ4v) is 1.58. The van der Waals surface area contributed by atoms with Crippen LogP contribution < -0.4 is 9.86 Å². The third-order valence-corrected chi connectivity index (χ3v) is 2.39. The summed E-state index contributed by atoms with van der Waals surface area (Å²) in [6, 6.07) is 9.89. The Hall–Kier alpha value is -0.910. The monoisotopic (exact) mass is 214 g/mol. The van der Waals surface area contributed by atoms with Crippen molar-refractivity contribution in [2.45, 2.75) is 12.8 Å². The molecule has 4 nitrogen and oxygen atoms in total. The Labute approximate surface area is 84.3 Å². The molecule has 0 aromatic heterocycles. The van der Waals surface area contributed by atoms with Crippen LogP contribution >= 0.6 is 0 Å². The van der Waals surface area contributed by atoms with Gasteiger partial charge in [0.25, 0.3) is 10.2 Å². The van der Waals surface area contributed by atoms with E-state index in [0.717, 1.165) is 12.8 Å². The van der Waals surface area contributed by atoms with Crippen LogP contribution in [0.25, 0.3) is 0 Å². The van der Waals surface area contributed by atoms with Crippen LogP contribution in [-0.4, -0.2) is 15.0 Å². The fraction of sp³-hybridized carbons (Fsp3) is 0.333. The Balaban J connectivity index is 2.23. The van der Waals surface area contributed by atoms with Gasteiger partial charge in [0.15, 0.2) is 0 Å². The highest BCUT2D eigenvalue weighted by Crippen LogP contribution is 2.01. The van der Waals surface area contributed by atoms with Crippen LogP contribution in [0.3, 0.4) is 0 Å². The minimum atomic E-state index is -3.53. The van der Waals surface area contributed by atoms with E-state index in [4.69, 9.17) is 5.14 Å². The van der Waals surface area contributed by atoms with E-state index in [0.29, 0.717) is 6.54 Å². The SMILES string of the molecule is NS(=O)(=O)NCCCc1ccccc1. The van der Waals surface area contributed by atoms with Crippen molar-refractivity contribution < 1.29 is 8.42 Å². The van der Waals surface area contributed by atoms with Crippen LogP contribution in [0, 0.1) is 0 Å². The molecule has 78 valence electrons. The van der Waals surface area contributed by atoms with E-state index >= 15 is 0 Å². The molecule has 1 aromatic carbocycles. The molecule has 14 heavy (non-hydrogen) atoms. The van der Waals surface area contributed by atoms with Crippen molar-refractivity contribution in [2.24, 2.45) is 5.14 Å². The summed E-state index contributed by atoms with van der Waals surface area (Å²) in [7, 11) is -3.53. The predicted molar refractivity (Wildman–Crippen MR) is 55.9 cm³/mol. The van der Waals surface area contributed by atoms with Gasteiger partial charge in [-0.3, -0.25) is 0 Å². The van der Waals surface area contributed by atoms with Crippen LogP contribution in [0.1, 0.15) is 12.0 Å². The molecule has 0 aliphatic rings. The van der Waals surface area contributed by atoms with Gasteiger partial charge in [-0.1, -0.05) is 30.3 Å². The van der Waals surface area contributed by atoms with Crippen molar-refractivity contribution >= 4 is 10.2 Å². The van der Waals surface area contributed by atoms with Gasteiger partial charge in [-0.15, -0.1) is 0 Å². The number of hydrogen-bond acceptors (Lipinski definition) is 2. The first-order valence-electron chi connectivity index (χ1n) is 4.39. The highest BCUT2D eigenvalue weighted by molar-refractivity contribution is 7.87. The fourth-order valence-electron chi connectivity index (χ4n) is 1.15. The highest BCUT2D eigenvalue weighted by Gasteiger charge is 1.99. The maximum Gasteiger partial charge on any atom is 0.274 e. The van der Waals surface area contributed by atoms with Crippen LogP contribution in [0.2, 0.25) is 0 Å². The smallest absolute Gasteiger partial charge is 0.216 e. The molecule has 0 amide bonds. The first-order valence-corrected chi connectivity index (χ1v) is 5.94. The second kappa shape index (κ2) is 5.09. The van der Waals surface area contributed by atoms with Crippen molar-refractivity contribution in [2.75, 3.05) is 6.54 Å². The molecule has 0 saturated carbocycles. The van der Waals surface area contributed by atoms with Crippen LogP contribution in [0.4, 0.5) is 0 Å². The first-order chi connectivity index (χ1) is 6.58. The summed E-state index contributed by atoms with van der Waals surface area (Å²) in [6.07, 6.45) is 1.60. The van der Waals surface area contributed by atoms with Gasteiger partial charge in [0.1, 0.15) is 0 Å². The lowest BCUT2D eigenvalue weighted by Gasteiger charge is -2.01. The van der Waals surface area contributed by atoms with E-state index in [1.807, 2.05) is 30.3 Å². The molecule has 0 fully saturated rings. The predicted octanol–water partition coefficient (Wildman–Crippen LogP) is 0.412. The second-order valence-corrected chi connectivity index (χ2v) is 4.41. The van der Waals surface area contributed by atoms with Crippen LogP contribution in [-0.2, 0) is 16.6 Å². The standard InChI is InChI=1S/C9H14N2O2S/c10-14(12,13)11-8-4-7-9-5-2-1-3-6-9/h1-3,5-6,11H,4,7-8H2,(H2,10,12,13). The largest absolute Gasteiger partial charge is 0.274 e. The molecular formula is C9H14N2O2S. The molecule has 3 N–H and O–H groups in total. The lowest BCUT2D eigenvalue weighted by atomic mass is 10.1. The van der Waals surface area contributed by atoms with Crippen LogP contribution in [0.15, 0.2) is 30.3 Å². The molecule has 0 saturated heterocycles. The number of rotatable bonds is 5. The Bertz CT molecular complexity index is 362. The average Bonchev–Trinajstić information content (AvgIpc) is 2.13. The summed E-state index contributed by atoms with van der Waals surface area (Å²) in [5.41, 5.74) is 1.20. The van der Waals surface area contributed by atoms with Gasteiger partial charge in [0, 0.05) is 6.54 Å². The van der Waals surface area contributed by atoms with Gasteiger partial charge in [0.05, 0.1) is 0 Å². The normalized spacial score (nSPS) is 11.5.